The summed E-state index contributed by atoms with van der Waals surface area (Å²) < 4.78 is 16.3. The molecule has 17 heavy (non-hydrogen) atoms. The molecule has 88 valence electrons. The minimum absolute atomic E-state index is 0.254. The number of methoxy groups -OCH3 is 1. The third-order valence-corrected chi connectivity index (χ3v) is 2.81. The van der Waals surface area contributed by atoms with Gasteiger partial charge in [-0.25, -0.2) is 5.90 Å². The molecule has 0 amide bonds. The lowest BCUT2D eigenvalue weighted by molar-refractivity contribution is 0.125. The van der Waals surface area contributed by atoms with Crippen LogP contribution >= 0.6 is 0 Å². The molecular weight excluding hydrogens is 222 g/mol. The Labute approximate surface area is 96.6 Å². The zero-order valence-corrected chi connectivity index (χ0v) is 9.23. The van der Waals surface area contributed by atoms with E-state index in [-0.39, 0.29) is 6.61 Å². The first-order valence-corrected chi connectivity index (χ1v) is 5.11. The van der Waals surface area contributed by atoms with E-state index >= 15 is 0 Å². The molecule has 3 aromatic rings. The molecule has 5 heteroatoms. The molecule has 0 bridgehead atoms. The number of hydrogen-bond acceptors (Lipinski definition) is 5. The fraction of sp³-hybridized carbons (Fsp3) is 0.167. The van der Waals surface area contributed by atoms with Crippen molar-refractivity contribution in [3.63, 3.8) is 0 Å². The van der Waals surface area contributed by atoms with Gasteiger partial charge in [-0.3, -0.25) is 4.84 Å². The van der Waals surface area contributed by atoms with Crippen molar-refractivity contribution in [3.8, 4) is 5.75 Å². The van der Waals surface area contributed by atoms with Gasteiger partial charge in [0.25, 0.3) is 0 Å². The summed E-state index contributed by atoms with van der Waals surface area (Å²) in [6.45, 7) is 0.254. The van der Waals surface area contributed by atoms with Gasteiger partial charge >= 0.3 is 0 Å². The number of nitrogens with two attached hydrogens (primary N) is 1. The van der Waals surface area contributed by atoms with Crippen LogP contribution in [0.4, 0.5) is 0 Å². The Kier molecular flexibility index (Phi) is 2.28. The highest BCUT2D eigenvalue weighted by molar-refractivity contribution is 6.04. The van der Waals surface area contributed by atoms with Crippen molar-refractivity contribution in [2.45, 2.75) is 6.61 Å². The first-order valence-electron chi connectivity index (χ1n) is 5.11. The van der Waals surface area contributed by atoms with Gasteiger partial charge < -0.3 is 13.6 Å². The maximum atomic E-state index is 5.46. The zero-order chi connectivity index (χ0) is 11.8. The molecule has 0 saturated carbocycles. The highest BCUT2D eigenvalue weighted by Crippen LogP contribution is 2.39. The lowest BCUT2D eigenvalue weighted by atomic mass is 10.1. The second-order valence-electron chi connectivity index (χ2n) is 3.65. The van der Waals surface area contributed by atoms with Crippen molar-refractivity contribution in [3.05, 3.63) is 30.2 Å². The molecule has 2 aromatic heterocycles. The maximum Gasteiger partial charge on any atom is 0.176 e. The van der Waals surface area contributed by atoms with E-state index in [2.05, 4.69) is 0 Å². The van der Waals surface area contributed by atoms with Gasteiger partial charge in [0.05, 0.1) is 31.6 Å². The van der Waals surface area contributed by atoms with Crippen molar-refractivity contribution in [1.29, 1.82) is 0 Å². The molecule has 3 rings (SSSR count). The van der Waals surface area contributed by atoms with Crippen LogP contribution in [0.25, 0.3) is 21.9 Å². The van der Waals surface area contributed by atoms with Crippen LogP contribution in [0.3, 0.4) is 0 Å². The Balaban J connectivity index is 2.48. The predicted molar refractivity (Wildman–Crippen MR) is 61.5 cm³/mol. The van der Waals surface area contributed by atoms with Crippen LogP contribution in [-0.4, -0.2) is 7.11 Å². The third kappa shape index (κ3) is 1.33. The quantitative estimate of drug-likeness (QED) is 0.704. The van der Waals surface area contributed by atoms with E-state index in [9.17, 15) is 0 Å². The fourth-order valence-electron chi connectivity index (χ4n) is 2.12. The van der Waals surface area contributed by atoms with Crippen LogP contribution in [0.5, 0.6) is 5.75 Å². The second-order valence-corrected chi connectivity index (χ2v) is 3.65. The lowest BCUT2D eigenvalue weighted by Crippen LogP contribution is -2.00. The molecule has 0 saturated heterocycles. The summed E-state index contributed by atoms with van der Waals surface area (Å²) in [6, 6.07) is 3.67. The summed E-state index contributed by atoms with van der Waals surface area (Å²) in [5.74, 6) is 5.81. The highest BCUT2D eigenvalue weighted by Gasteiger charge is 2.18. The second kappa shape index (κ2) is 3.80. The maximum absolute atomic E-state index is 5.46. The molecule has 1 aromatic carbocycles. The van der Waals surface area contributed by atoms with Crippen molar-refractivity contribution in [2.24, 2.45) is 5.90 Å². The molecule has 0 unspecified atom stereocenters. The van der Waals surface area contributed by atoms with E-state index in [1.807, 2.05) is 12.1 Å². The van der Waals surface area contributed by atoms with Crippen LogP contribution in [0.15, 0.2) is 33.5 Å². The lowest BCUT2D eigenvalue weighted by Gasteiger charge is -2.07. The van der Waals surface area contributed by atoms with Crippen molar-refractivity contribution >= 4 is 21.9 Å². The number of furan rings is 2. The number of rotatable bonds is 3. The molecular formula is C12H11NO4. The molecule has 2 N–H and O–H groups in total. The highest BCUT2D eigenvalue weighted by atomic mass is 16.6. The van der Waals surface area contributed by atoms with Gasteiger partial charge in [-0.15, -0.1) is 0 Å². The molecule has 0 aliphatic rings. The summed E-state index contributed by atoms with van der Waals surface area (Å²) >= 11 is 0. The Morgan fingerprint density at radius 3 is 2.53 bits per heavy atom. The number of hydrogen-bond donors (Lipinski definition) is 1. The number of fused-ring (bicyclic) bond motifs is 2. The summed E-state index contributed by atoms with van der Waals surface area (Å²) in [6.07, 6.45) is 3.21. The molecule has 2 heterocycles. The Morgan fingerprint density at radius 1 is 1.12 bits per heavy atom. The molecule has 0 radical (unpaired) electrons. The van der Waals surface area contributed by atoms with Gasteiger partial charge in [0, 0.05) is 10.9 Å². The fourth-order valence-corrected chi connectivity index (χ4v) is 2.12. The summed E-state index contributed by atoms with van der Waals surface area (Å²) in [5, 5.41) is 1.73. The topological polar surface area (TPSA) is 70.8 Å². The van der Waals surface area contributed by atoms with Crippen LogP contribution in [0.2, 0.25) is 0 Å². The predicted octanol–water partition coefficient (Wildman–Crippen LogP) is 2.58. The van der Waals surface area contributed by atoms with Crippen LogP contribution < -0.4 is 10.6 Å². The van der Waals surface area contributed by atoms with Gasteiger partial charge in [0.2, 0.25) is 0 Å². The van der Waals surface area contributed by atoms with Crippen molar-refractivity contribution in [1.82, 2.24) is 0 Å². The first-order chi connectivity index (χ1) is 8.36. The molecule has 0 aliphatic heterocycles. The number of benzene rings is 1. The Morgan fingerprint density at radius 2 is 1.82 bits per heavy atom. The van der Waals surface area contributed by atoms with Crippen molar-refractivity contribution in [2.75, 3.05) is 7.11 Å². The van der Waals surface area contributed by atoms with E-state index in [1.54, 1.807) is 19.6 Å². The number of ether oxygens (including phenoxy) is 1. The van der Waals surface area contributed by atoms with E-state index in [0.29, 0.717) is 16.9 Å². The molecule has 5 nitrogen and oxygen atoms in total. The summed E-state index contributed by atoms with van der Waals surface area (Å²) in [7, 11) is 1.60. The van der Waals surface area contributed by atoms with Crippen molar-refractivity contribution < 1.29 is 18.4 Å². The molecule has 0 fully saturated rings. The average Bonchev–Trinajstić information content (AvgIpc) is 2.96. The monoisotopic (exact) mass is 233 g/mol. The van der Waals surface area contributed by atoms with E-state index < -0.39 is 0 Å². The summed E-state index contributed by atoms with van der Waals surface area (Å²) in [4.78, 5) is 4.71. The van der Waals surface area contributed by atoms with E-state index in [0.717, 1.165) is 16.3 Å². The Hall–Kier alpha value is -1.98. The SMILES string of the molecule is COc1c2ccoc2c(CON)c2ccoc12. The summed E-state index contributed by atoms with van der Waals surface area (Å²) in [5.41, 5.74) is 2.24. The van der Waals surface area contributed by atoms with Gasteiger partial charge in [0.15, 0.2) is 11.3 Å². The molecule has 0 spiro atoms. The first kappa shape index (κ1) is 10.2. The average molecular weight is 233 g/mol. The van der Waals surface area contributed by atoms with E-state index in [4.69, 9.17) is 24.3 Å². The Bertz CT molecular complexity index is 616. The van der Waals surface area contributed by atoms with Crippen LogP contribution in [0, 0.1) is 0 Å². The zero-order valence-electron chi connectivity index (χ0n) is 9.23. The standard InChI is InChI=1S/C12H11NO4/c1-14-11-8-3-5-15-10(8)9(6-17-13)7-2-4-16-12(7)11/h2-5H,6,13H2,1H3. The third-order valence-electron chi connectivity index (χ3n) is 2.81. The van der Waals surface area contributed by atoms with Gasteiger partial charge in [-0.1, -0.05) is 0 Å². The van der Waals surface area contributed by atoms with Gasteiger partial charge in [-0.05, 0) is 12.1 Å². The molecule has 0 aliphatic carbocycles. The van der Waals surface area contributed by atoms with Gasteiger partial charge in [-0.2, -0.15) is 0 Å². The van der Waals surface area contributed by atoms with E-state index in [1.165, 1.54) is 0 Å². The smallest absolute Gasteiger partial charge is 0.176 e. The van der Waals surface area contributed by atoms with Crippen LogP contribution in [-0.2, 0) is 11.4 Å². The normalized spacial score (nSPS) is 11.4. The van der Waals surface area contributed by atoms with Crippen LogP contribution in [0.1, 0.15) is 5.56 Å². The molecule has 0 atom stereocenters. The largest absolute Gasteiger partial charge is 0.492 e. The minimum atomic E-state index is 0.254. The minimum Gasteiger partial charge on any atom is -0.492 e. The van der Waals surface area contributed by atoms with Gasteiger partial charge in [0.1, 0.15) is 5.58 Å².